The molecular formula is C18H20BrNS. The van der Waals surface area contributed by atoms with Gasteiger partial charge in [0.2, 0.25) is 0 Å². The average Bonchev–Trinajstić information content (AvgIpc) is 2.85. The standard InChI is InChI=1S/C18H20BrNS/c1-20-17(16-14-9-5-6-10(7-9)15(14)16)12-8-21-18-11(12)3-2-4-13(18)19/h2-4,8-10,14-17,20H,5-7H2,1H3. The SMILES string of the molecule is CNC(c1csc2c(Br)cccc12)C1C2C3CCC(C3)C21. The Morgan fingerprint density at radius 1 is 1.24 bits per heavy atom. The highest BCUT2D eigenvalue weighted by molar-refractivity contribution is 9.10. The Morgan fingerprint density at radius 3 is 2.71 bits per heavy atom. The summed E-state index contributed by atoms with van der Waals surface area (Å²) in [7, 11) is 2.15. The summed E-state index contributed by atoms with van der Waals surface area (Å²) in [5.74, 6) is 5.07. The highest BCUT2D eigenvalue weighted by Gasteiger charge is 2.66. The van der Waals surface area contributed by atoms with E-state index in [2.05, 4.69) is 51.9 Å². The van der Waals surface area contributed by atoms with E-state index < -0.39 is 0 Å². The molecule has 3 aliphatic rings. The van der Waals surface area contributed by atoms with Crippen molar-refractivity contribution in [2.24, 2.45) is 29.6 Å². The van der Waals surface area contributed by atoms with Crippen LogP contribution < -0.4 is 5.32 Å². The first-order valence-electron chi connectivity index (χ1n) is 8.12. The van der Waals surface area contributed by atoms with E-state index in [1.807, 2.05) is 11.3 Å². The minimum absolute atomic E-state index is 0.562. The first kappa shape index (κ1) is 13.1. The van der Waals surface area contributed by atoms with Gasteiger partial charge in [-0.05, 0) is 94.2 Å². The van der Waals surface area contributed by atoms with Gasteiger partial charge in [-0.25, -0.2) is 0 Å². The van der Waals surface area contributed by atoms with Crippen LogP contribution in [0.4, 0.5) is 0 Å². The van der Waals surface area contributed by atoms with E-state index in [1.54, 1.807) is 0 Å². The van der Waals surface area contributed by atoms with E-state index in [4.69, 9.17) is 0 Å². The number of hydrogen-bond acceptors (Lipinski definition) is 2. The molecule has 5 unspecified atom stereocenters. The highest BCUT2D eigenvalue weighted by atomic mass is 79.9. The quantitative estimate of drug-likeness (QED) is 0.790. The molecular weight excluding hydrogens is 342 g/mol. The zero-order chi connectivity index (χ0) is 14.1. The first-order chi connectivity index (χ1) is 10.3. The number of hydrogen-bond donors (Lipinski definition) is 1. The molecule has 0 amide bonds. The lowest BCUT2D eigenvalue weighted by Gasteiger charge is -2.20. The molecule has 3 aliphatic carbocycles. The molecule has 5 atom stereocenters. The van der Waals surface area contributed by atoms with E-state index in [-0.39, 0.29) is 0 Å². The van der Waals surface area contributed by atoms with Gasteiger partial charge in [-0.3, -0.25) is 0 Å². The molecule has 3 heteroatoms. The monoisotopic (exact) mass is 361 g/mol. The second kappa shape index (κ2) is 4.56. The maximum absolute atomic E-state index is 3.70. The molecule has 3 saturated carbocycles. The smallest absolute Gasteiger partial charge is 0.0488 e. The third-order valence-corrected chi connectivity index (χ3v) is 8.38. The molecule has 3 fully saturated rings. The summed E-state index contributed by atoms with van der Waals surface area (Å²) in [6, 6.07) is 7.19. The summed E-state index contributed by atoms with van der Waals surface area (Å²) in [5, 5.41) is 7.51. The second-order valence-electron chi connectivity index (χ2n) is 7.14. The Balaban J connectivity index is 1.54. The van der Waals surface area contributed by atoms with Gasteiger partial charge in [-0.15, -0.1) is 11.3 Å². The zero-order valence-corrected chi connectivity index (χ0v) is 14.6. The van der Waals surface area contributed by atoms with Crippen LogP contribution in [0.15, 0.2) is 28.1 Å². The molecule has 1 aromatic heterocycles. The van der Waals surface area contributed by atoms with E-state index in [1.165, 1.54) is 39.4 Å². The molecule has 21 heavy (non-hydrogen) atoms. The molecule has 2 bridgehead atoms. The summed E-state index contributed by atoms with van der Waals surface area (Å²) in [4.78, 5) is 0. The summed E-state index contributed by atoms with van der Waals surface area (Å²) in [6.07, 6.45) is 4.56. The van der Waals surface area contributed by atoms with Crippen molar-refractivity contribution in [2.45, 2.75) is 25.3 Å². The summed E-state index contributed by atoms with van der Waals surface area (Å²) >= 11 is 5.59. The van der Waals surface area contributed by atoms with Gasteiger partial charge >= 0.3 is 0 Å². The van der Waals surface area contributed by atoms with Crippen LogP contribution in [-0.4, -0.2) is 7.05 Å². The minimum Gasteiger partial charge on any atom is -0.313 e. The molecule has 1 N–H and O–H groups in total. The van der Waals surface area contributed by atoms with Crippen LogP contribution in [0.1, 0.15) is 30.9 Å². The van der Waals surface area contributed by atoms with Crippen LogP contribution >= 0.6 is 27.3 Å². The van der Waals surface area contributed by atoms with Crippen LogP contribution in [0.2, 0.25) is 0 Å². The lowest BCUT2D eigenvalue weighted by atomic mass is 9.93. The van der Waals surface area contributed by atoms with Crippen molar-refractivity contribution in [2.75, 3.05) is 7.05 Å². The lowest BCUT2D eigenvalue weighted by Crippen LogP contribution is -2.21. The van der Waals surface area contributed by atoms with Crippen molar-refractivity contribution >= 4 is 37.4 Å². The van der Waals surface area contributed by atoms with Crippen LogP contribution in [0, 0.1) is 29.6 Å². The van der Waals surface area contributed by atoms with E-state index in [0.29, 0.717) is 6.04 Å². The fourth-order valence-electron chi connectivity index (χ4n) is 5.68. The Labute approximate surface area is 138 Å². The van der Waals surface area contributed by atoms with Crippen molar-refractivity contribution in [3.8, 4) is 0 Å². The number of benzene rings is 1. The van der Waals surface area contributed by atoms with Gasteiger partial charge in [-0.2, -0.15) is 0 Å². The molecule has 0 spiro atoms. The van der Waals surface area contributed by atoms with E-state index in [9.17, 15) is 0 Å². The molecule has 2 aromatic rings. The van der Waals surface area contributed by atoms with Gasteiger partial charge in [-0.1, -0.05) is 12.1 Å². The van der Waals surface area contributed by atoms with Gasteiger partial charge in [0.15, 0.2) is 0 Å². The normalized spacial score (nSPS) is 37.9. The Kier molecular flexibility index (Phi) is 2.84. The first-order valence-corrected chi connectivity index (χ1v) is 9.79. The van der Waals surface area contributed by atoms with Crippen molar-refractivity contribution in [1.29, 1.82) is 0 Å². The zero-order valence-electron chi connectivity index (χ0n) is 12.2. The van der Waals surface area contributed by atoms with Crippen LogP contribution in [0.3, 0.4) is 0 Å². The topological polar surface area (TPSA) is 12.0 Å². The maximum atomic E-state index is 3.70. The number of thiophene rings is 1. The summed E-state index contributed by atoms with van der Waals surface area (Å²) in [5.41, 5.74) is 1.54. The average molecular weight is 362 g/mol. The van der Waals surface area contributed by atoms with Gasteiger partial charge in [0.05, 0.1) is 0 Å². The predicted molar refractivity (Wildman–Crippen MR) is 92.6 cm³/mol. The lowest BCUT2D eigenvalue weighted by molar-refractivity contribution is 0.387. The Bertz CT molecular complexity index is 692. The predicted octanol–water partition coefficient (Wildman–Crippen LogP) is 5.22. The Hall–Kier alpha value is -0.380. The van der Waals surface area contributed by atoms with Crippen molar-refractivity contribution in [1.82, 2.24) is 5.32 Å². The molecule has 1 nitrogen and oxygen atoms in total. The van der Waals surface area contributed by atoms with Crippen molar-refractivity contribution < 1.29 is 0 Å². The third-order valence-electron chi connectivity index (χ3n) is 6.41. The largest absolute Gasteiger partial charge is 0.313 e. The molecule has 0 radical (unpaired) electrons. The highest BCUT2D eigenvalue weighted by Crippen LogP contribution is 2.72. The van der Waals surface area contributed by atoms with E-state index >= 15 is 0 Å². The van der Waals surface area contributed by atoms with Crippen LogP contribution in [0.5, 0.6) is 0 Å². The number of halogens is 1. The van der Waals surface area contributed by atoms with Crippen molar-refractivity contribution in [3.63, 3.8) is 0 Å². The van der Waals surface area contributed by atoms with Gasteiger partial charge in [0.1, 0.15) is 0 Å². The van der Waals surface area contributed by atoms with Gasteiger partial charge in [0, 0.05) is 15.2 Å². The van der Waals surface area contributed by atoms with Gasteiger partial charge in [0.25, 0.3) is 0 Å². The molecule has 1 aromatic carbocycles. The summed E-state index contributed by atoms with van der Waals surface area (Å²) in [6.45, 7) is 0. The molecule has 1 heterocycles. The second-order valence-corrected chi connectivity index (χ2v) is 8.87. The third kappa shape index (κ3) is 1.71. The minimum atomic E-state index is 0.562. The number of rotatable bonds is 3. The Morgan fingerprint density at radius 2 is 2.00 bits per heavy atom. The van der Waals surface area contributed by atoms with E-state index in [0.717, 1.165) is 29.6 Å². The van der Waals surface area contributed by atoms with Crippen LogP contribution in [0.25, 0.3) is 10.1 Å². The molecule has 0 aliphatic heterocycles. The fraction of sp³-hybridized carbons (Fsp3) is 0.556. The van der Waals surface area contributed by atoms with Crippen LogP contribution in [-0.2, 0) is 0 Å². The maximum Gasteiger partial charge on any atom is 0.0488 e. The molecule has 110 valence electrons. The number of nitrogens with one attached hydrogen (secondary N) is 1. The number of fused-ring (bicyclic) bond motifs is 6. The molecule has 0 saturated heterocycles. The fourth-order valence-corrected chi connectivity index (χ4v) is 7.33. The molecule has 5 rings (SSSR count). The summed E-state index contributed by atoms with van der Waals surface area (Å²) < 4.78 is 2.64. The van der Waals surface area contributed by atoms with Gasteiger partial charge < -0.3 is 5.32 Å². The van der Waals surface area contributed by atoms with Crippen molar-refractivity contribution in [3.05, 3.63) is 33.6 Å².